The Hall–Kier alpha value is -1.95. The summed E-state index contributed by atoms with van der Waals surface area (Å²) in [5.74, 6) is 2.42. The number of methoxy groups -OCH3 is 1. The second kappa shape index (κ2) is 4.97. The highest BCUT2D eigenvalue weighted by molar-refractivity contribution is 5.61. The van der Waals surface area contributed by atoms with Gasteiger partial charge < -0.3 is 14.6 Å². The van der Waals surface area contributed by atoms with Crippen molar-refractivity contribution >= 4 is 0 Å². The van der Waals surface area contributed by atoms with E-state index in [9.17, 15) is 0 Å². The molecule has 2 aromatic heterocycles. The topological polar surface area (TPSA) is 64.9 Å². The standard InChI is InChI=1S/C13H17N5O/c1-3-10-12-17-16-11(18(12)8-7-14-10)9-5-4-6-15-13(9)19-2/h4-6,10,14H,3,7-8H2,1-2H3. The summed E-state index contributed by atoms with van der Waals surface area (Å²) in [6, 6.07) is 4.13. The van der Waals surface area contributed by atoms with Crippen molar-refractivity contribution < 1.29 is 4.74 Å². The number of hydrogen-bond donors (Lipinski definition) is 1. The van der Waals surface area contributed by atoms with Crippen LogP contribution >= 0.6 is 0 Å². The molecule has 0 saturated heterocycles. The number of fused-ring (bicyclic) bond motifs is 1. The second-order valence-corrected chi connectivity index (χ2v) is 4.51. The van der Waals surface area contributed by atoms with Crippen molar-refractivity contribution in [1.29, 1.82) is 0 Å². The molecule has 1 aliphatic rings. The Morgan fingerprint density at radius 1 is 1.47 bits per heavy atom. The van der Waals surface area contributed by atoms with Crippen LogP contribution < -0.4 is 10.1 Å². The SMILES string of the molecule is CCC1NCCn2c(-c3cccnc3OC)nnc21. The van der Waals surface area contributed by atoms with E-state index in [0.29, 0.717) is 5.88 Å². The molecule has 0 aromatic carbocycles. The normalized spacial score (nSPS) is 18.1. The van der Waals surface area contributed by atoms with Crippen LogP contribution in [0.2, 0.25) is 0 Å². The summed E-state index contributed by atoms with van der Waals surface area (Å²) >= 11 is 0. The lowest BCUT2D eigenvalue weighted by molar-refractivity contribution is 0.396. The molecule has 0 amide bonds. The van der Waals surface area contributed by atoms with Gasteiger partial charge in [-0.25, -0.2) is 4.98 Å². The third-order valence-corrected chi connectivity index (χ3v) is 3.43. The van der Waals surface area contributed by atoms with Gasteiger partial charge in [0.25, 0.3) is 0 Å². The van der Waals surface area contributed by atoms with E-state index in [4.69, 9.17) is 4.74 Å². The lowest BCUT2D eigenvalue weighted by Gasteiger charge is -2.24. The molecular weight excluding hydrogens is 242 g/mol. The Morgan fingerprint density at radius 2 is 2.37 bits per heavy atom. The van der Waals surface area contributed by atoms with Crippen molar-refractivity contribution in [1.82, 2.24) is 25.1 Å². The van der Waals surface area contributed by atoms with Crippen LogP contribution in [0.4, 0.5) is 0 Å². The van der Waals surface area contributed by atoms with Gasteiger partial charge in [0.05, 0.1) is 18.7 Å². The van der Waals surface area contributed by atoms with E-state index in [0.717, 1.165) is 36.7 Å². The van der Waals surface area contributed by atoms with Gasteiger partial charge in [-0.3, -0.25) is 0 Å². The Labute approximate surface area is 111 Å². The first-order valence-corrected chi connectivity index (χ1v) is 6.51. The fraction of sp³-hybridized carbons (Fsp3) is 0.462. The summed E-state index contributed by atoms with van der Waals surface area (Å²) in [6.07, 6.45) is 2.72. The van der Waals surface area contributed by atoms with Crippen LogP contribution in [-0.2, 0) is 6.54 Å². The van der Waals surface area contributed by atoms with Crippen LogP contribution in [0, 0.1) is 0 Å². The van der Waals surface area contributed by atoms with Crippen LogP contribution in [0.1, 0.15) is 25.2 Å². The van der Waals surface area contributed by atoms with E-state index in [-0.39, 0.29) is 6.04 Å². The fourth-order valence-electron chi connectivity index (χ4n) is 2.49. The van der Waals surface area contributed by atoms with Gasteiger partial charge in [0.15, 0.2) is 11.6 Å². The summed E-state index contributed by atoms with van der Waals surface area (Å²) in [4.78, 5) is 4.22. The summed E-state index contributed by atoms with van der Waals surface area (Å²) in [5.41, 5.74) is 0.889. The molecule has 0 fully saturated rings. The van der Waals surface area contributed by atoms with Gasteiger partial charge in [-0.15, -0.1) is 10.2 Å². The molecular formula is C13H17N5O. The Morgan fingerprint density at radius 3 is 3.16 bits per heavy atom. The lowest BCUT2D eigenvalue weighted by Crippen LogP contribution is -2.33. The first kappa shape index (κ1) is 12.1. The highest BCUT2D eigenvalue weighted by atomic mass is 16.5. The van der Waals surface area contributed by atoms with Crippen LogP contribution in [0.15, 0.2) is 18.3 Å². The van der Waals surface area contributed by atoms with Crippen LogP contribution in [-0.4, -0.2) is 33.4 Å². The zero-order valence-electron chi connectivity index (χ0n) is 11.1. The van der Waals surface area contributed by atoms with E-state index in [1.165, 1.54) is 0 Å². The van der Waals surface area contributed by atoms with Crippen molar-refractivity contribution in [3.8, 4) is 17.3 Å². The maximum absolute atomic E-state index is 5.31. The molecule has 0 radical (unpaired) electrons. The molecule has 3 heterocycles. The second-order valence-electron chi connectivity index (χ2n) is 4.51. The highest BCUT2D eigenvalue weighted by Gasteiger charge is 2.25. The predicted octanol–water partition coefficient (Wildman–Crippen LogP) is 1.40. The quantitative estimate of drug-likeness (QED) is 0.902. The highest BCUT2D eigenvalue weighted by Crippen LogP contribution is 2.29. The van der Waals surface area contributed by atoms with Gasteiger partial charge >= 0.3 is 0 Å². The number of nitrogens with one attached hydrogen (secondary N) is 1. The Balaban J connectivity index is 2.09. The smallest absolute Gasteiger partial charge is 0.224 e. The van der Waals surface area contributed by atoms with Crippen LogP contribution in [0.5, 0.6) is 5.88 Å². The zero-order valence-corrected chi connectivity index (χ0v) is 11.1. The molecule has 0 bridgehead atoms. The van der Waals surface area contributed by atoms with E-state index in [1.54, 1.807) is 13.3 Å². The molecule has 1 unspecified atom stereocenters. The minimum absolute atomic E-state index is 0.276. The van der Waals surface area contributed by atoms with Gasteiger partial charge in [0, 0.05) is 19.3 Å². The van der Waals surface area contributed by atoms with Crippen molar-refractivity contribution in [2.24, 2.45) is 0 Å². The van der Waals surface area contributed by atoms with Gasteiger partial charge in [-0.05, 0) is 18.6 Å². The monoisotopic (exact) mass is 259 g/mol. The molecule has 0 aliphatic carbocycles. The molecule has 1 N–H and O–H groups in total. The molecule has 100 valence electrons. The number of rotatable bonds is 3. The summed E-state index contributed by atoms with van der Waals surface area (Å²) in [5, 5.41) is 12.1. The van der Waals surface area contributed by atoms with Crippen molar-refractivity contribution in [2.45, 2.75) is 25.9 Å². The van der Waals surface area contributed by atoms with E-state index in [1.807, 2.05) is 12.1 Å². The van der Waals surface area contributed by atoms with Gasteiger partial charge in [0.1, 0.15) is 0 Å². The molecule has 6 heteroatoms. The minimum Gasteiger partial charge on any atom is -0.480 e. The Kier molecular flexibility index (Phi) is 3.16. The lowest BCUT2D eigenvalue weighted by atomic mass is 10.1. The molecule has 0 spiro atoms. The Bertz CT molecular complexity index is 580. The molecule has 3 rings (SSSR count). The van der Waals surface area contributed by atoms with Gasteiger partial charge in [0.2, 0.25) is 5.88 Å². The molecule has 19 heavy (non-hydrogen) atoms. The first-order chi connectivity index (χ1) is 9.35. The minimum atomic E-state index is 0.276. The predicted molar refractivity (Wildman–Crippen MR) is 70.8 cm³/mol. The van der Waals surface area contributed by atoms with Crippen molar-refractivity contribution in [2.75, 3.05) is 13.7 Å². The summed E-state index contributed by atoms with van der Waals surface area (Å²) in [7, 11) is 1.62. The number of hydrogen-bond acceptors (Lipinski definition) is 5. The molecule has 0 saturated carbocycles. The fourth-order valence-corrected chi connectivity index (χ4v) is 2.49. The largest absolute Gasteiger partial charge is 0.480 e. The number of nitrogens with zero attached hydrogens (tertiary/aromatic N) is 4. The van der Waals surface area contributed by atoms with Crippen molar-refractivity contribution in [3.05, 3.63) is 24.2 Å². The summed E-state index contributed by atoms with van der Waals surface area (Å²) < 4.78 is 7.46. The van der Waals surface area contributed by atoms with Crippen LogP contribution in [0.3, 0.4) is 0 Å². The average molecular weight is 259 g/mol. The molecule has 2 aromatic rings. The first-order valence-electron chi connectivity index (χ1n) is 6.51. The number of pyridine rings is 1. The average Bonchev–Trinajstić information content (AvgIpc) is 2.90. The van der Waals surface area contributed by atoms with Gasteiger partial charge in [-0.2, -0.15) is 0 Å². The molecule has 1 aliphatic heterocycles. The zero-order chi connectivity index (χ0) is 13.2. The number of aromatic nitrogens is 4. The van der Waals surface area contributed by atoms with Gasteiger partial charge in [-0.1, -0.05) is 6.92 Å². The maximum atomic E-state index is 5.31. The third kappa shape index (κ3) is 1.98. The van der Waals surface area contributed by atoms with Crippen molar-refractivity contribution in [3.63, 3.8) is 0 Å². The summed E-state index contributed by atoms with van der Waals surface area (Å²) in [6.45, 7) is 3.94. The third-order valence-electron chi connectivity index (χ3n) is 3.43. The number of ether oxygens (including phenoxy) is 1. The van der Waals surface area contributed by atoms with E-state index >= 15 is 0 Å². The molecule has 1 atom stereocenters. The molecule has 6 nitrogen and oxygen atoms in total. The van der Waals surface area contributed by atoms with E-state index in [2.05, 4.69) is 32.0 Å². The van der Waals surface area contributed by atoms with Crippen LogP contribution in [0.25, 0.3) is 11.4 Å². The maximum Gasteiger partial charge on any atom is 0.224 e. The van der Waals surface area contributed by atoms with E-state index < -0.39 is 0 Å².